The lowest BCUT2D eigenvalue weighted by Gasteiger charge is -2.39. The molecule has 4 rings (SSSR count). The van der Waals surface area contributed by atoms with E-state index in [1.54, 1.807) is 0 Å². The maximum absolute atomic E-state index is 14.0. The van der Waals surface area contributed by atoms with Crippen LogP contribution in [0.4, 0.5) is 30.7 Å². The summed E-state index contributed by atoms with van der Waals surface area (Å²) in [6.07, 6.45) is -7.28. The van der Waals surface area contributed by atoms with Crippen molar-refractivity contribution in [2.45, 2.75) is 43.8 Å². The van der Waals surface area contributed by atoms with Crippen LogP contribution in [0.3, 0.4) is 0 Å². The number of nitrogens with zero attached hydrogens (tertiary/aromatic N) is 4. The third-order valence-electron chi connectivity index (χ3n) is 6.04. The number of hydrogen-bond acceptors (Lipinski definition) is 5. The van der Waals surface area contributed by atoms with Crippen LogP contribution >= 0.6 is 12.4 Å². The number of alkyl halides is 3. The molecule has 1 aliphatic rings. The lowest BCUT2D eigenvalue weighted by Crippen LogP contribution is -2.47. The molecule has 15 heteroatoms. The quantitative estimate of drug-likeness (QED) is 0.348. The normalized spacial score (nSPS) is 17.0. The Balaban J connectivity index is 0.00000400. The van der Waals surface area contributed by atoms with Crippen LogP contribution in [0.5, 0.6) is 0 Å². The molecule has 0 radical (unpaired) electrons. The molecule has 0 unspecified atom stereocenters. The number of halogens is 8. The number of nitrogens with two attached hydrogens (primary N) is 1. The van der Waals surface area contributed by atoms with Crippen molar-refractivity contribution >= 4 is 18.3 Å². The molecule has 3 aromatic rings. The maximum atomic E-state index is 14.0. The van der Waals surface area contributed by atoms with E-state index in [4.69, 9.17) is 5.73 Å². The largest absolute Gasteiger partial charge is 0.451 e. The topological polar surface area (TPSA) is 97.3 Å². The minimum Gasteiger partial charge on any atom is -0.386 e. The van der Waals surface area contributed by atoms with Gasteiger partial charge in [-0.3, -0.25) is 4.79 Å². The first kappa shape index (κ1) is 29.3. The number of aliphatic hydroxyl groups excluding tert-OH is 1. The fraction of sp³-hybridized carbons (Fsp3) is 0.348. The maximum Gasteiger partial charge on any atom is 0.451 e. The van der Waals surface area contributed by atoms with Gasteiger partial charge in [0.05, 0.1) is 0 Å². The highest BCUT2D eigenvalue weighted by Crippen LogP contribution is 2.39. The molecule has 0 aliphatic carbocycles. The van der Waals surface area contributed by atoms with E-state index < -0.39 is 65.8 Å². The van der Waals surface area contributed by atoms with Crippen molar-refractivity contribution in [3.05, 3.63) is 82.4 Å². The summed E-state index contributed by atoms with van der Waals surface area (Å²) < 4.78 is 95.1. The molecular weight excluding hydrogens is 547 g/mol. The van der Waals surface area contributed by atoms with Crippen LogP contribution in [-0.4, -0.2) is 43.3 Å². The van der Waals surface area contributed by atoms with E-state index in [1.165, 1.54) is 12.1 Å². The molecule has 1 aromatic heterocycles. The van der Waals surface area contributed by atoms with Gasteiger partial charge in [-0.25, -0.2) is 17.6 Å². The number of hydrogen-bond donors (Lipinski definition) is 2. The summed E-state index contributed by atoms with van der Waals surface area (Å²) in [5.41, 5.74) is 5.79. The summed E-state index contributed by atoms with van der Waals surface area (Å²) in [5, 5.41) is 17.8. The first-order chi connectivity index (χ1) is 17.4. The van der Waals surface area contributed by atoms with Crippen LogP contribution in [0.1, 0.15) is 41.3 Å². The Morgan fingerprint density at radius 1 is 1.03 bits per heavy atom. The third kappa shape index (κ3) is 5.92. The van der Waals surface area contributed by atoms with Crippen molar-refractivity contribution in [3.8, 4) is 0 Å². The summed E-state index contributed by atoms with van der Waals surface area (Å²) in [6.45, 7) is -0.634. The van der Waals surface area contributed by atoms with Crippen molar-refractivity contribution in [3.63, 3.8) is 0 Å². The monoisotopic (exact) mass is 567 g/mol. The SMILES string of the molecule is Cl.N[C@@H](CC(=O)N1CCn2c(nnc2C(F)(F)F)[C@@H]1[C@H](O)c1ccc(F)cc1)Cc1cc(F)c(F)cc1F. The Hall–Kier alpha value is -3.23. The van der Waals surface area contributed by atoms with Crippen molar-refractivity contribution in [1.82, 2.24) is 19.7 Å². The molecule has 1 aliphatic heterocycles. The Bertz CT molecular complexity index is 1300. The van der Waals surface area contributed by atoms with Gasteiger partial charge in [0, 0.05) is 31.6 Å². The highest BCUT2D eigenvalue weighted by molar-refractivity contribution is 5.85. The van der Waals surface area contributed by atoms with Crippen molar-refractivity contribution in [2.75, 3.05) is 6.54 Å². The van der Waals surface area contributed by atoms with Crippen molar-refractivity contribution in [1.29, 1.82) is 0 Å². The molecule has 0 spiro atoms. The molecule has 1 amide bonds. The number of aromatic nitrogens is 3. The molecule has 0 saturated carbocycles. The van der Waals surface area contributed by atoms with Crippen LogP contribution in [0.2, 0.25) is 0 Å². The first-order valence-electron chi connectivity index (χ1n) is 11.0. The number of carbonyl (C=O) groups is 1. The van der Waals surface area contributed by atoms with Crippen LogP contribution < -0.4 is 5.73 Å². The molecule has 7 nitrogen and oxygen atoms in total. The Kier molecular flexibility index (Phi) is 8.68. The lowest BCUT2D eigenvalue weighted by molar-refractivity contribution is -0.149. The van der Waals surface area contributed by atoms with Gasteiger partial charge in [-0.05, 0) is 35.7 Å². The second kappa shape index (κ2) is 11.3. The van der Waals surface area contributed by atoms with Crippen LogP contribution in [0.25, 0.3) is 0 Å². The standard InChI is InChI=1S/C23H20F7N5O2.ClH/c24-13-3-1-11(2-4-13)20(37)19-21-32-33-22(23(28,29)30)35(21)6-5-34(19)18(36)9-14(31)7-12-8-16(26)17(27)10-15(12)25;/h1-4,8,10,14,19-20,37H,5-7,9,31H2;1H/t14-,19+,20-;/m1./s1. The van der Waals surface area contributed by atoms with E-state index in [0.29, 0.717) is 12.1 Å². The van der Waals surface area contributed by atoms with Gasteiger partial charge in [-0.1, -0.05) is 12.1 Å². The fourth-order valence-corrected chi connectivity index (χ4v) is 4.30. The van der Waals surface area contributed by atoms with Crippen molar-refractivity contribution < 1.29 is 40.6 Å². The lowest BCUT2D eigenvalue weighted by atomic mass is 9.97. The predicted molar refractivity (Wildman–Crippen MR) is 121 cm³/mol. The summed E-state index contributed by atoms with van der Waals surface area (Å²) >= 11 is 0. The van der Waals surface area contributed by atoms with E-state index in [9.17, 15) is 40.6 Å². The van der Waals surface area contributed by atoms with Gasteiger partial charge in [0.25, 0.3) is 0 Å². The van der Waals surface area contributed by atoms with Gasteiger partial charge in [0.1, 0.15) is 23.8 Å². The van der Waals surface area contributed by atoms with Gasteiger partial charge >= 0.3 is 6.18 Å². The Morgan fingerprint density at radius 2 is 1.66 bits per heavy atom. The second-order valence-electron chi connectivity index (χ2n) is 8.59. The van der Waals surface area contributed by atoms with E-state index in [-0.39, 0.29) is 48.9 Å². The fourth-order valence-electron chi connectivity index (χ4n) is 4.30. The zero-order valence-corrected chi connectivity index (χ0v) is 20.1. The van der Waals surface area contributed by atoms with Crippen LogP contribution in [0, 0.1) is 23.3 Å². The summed E-state index contributed by atoms with van der Waals surface area (Å²) in [7, 11) is 0. The molecule has 3 N–H and O–H groups in total. The number of amides is 1. The average molecular weight is 568 g/mol. The van der Waals surface area contributed by atoms with Crippen molar-refractivity contribution in [2.24, 2.45) is 5.73 Å². The molecule has 3 atom stereocenters. The van der Waals surface area contributed by atoms with Gasteiger partial charge in [0.2, 0.25) is 11.7 Å². The van der Waals surface area contributed by atoms with Gasteiger partial charge in [-0.2, -0.15) is 13.2 Å². The number of rotatable bonds is 6. The Morgan fingerprint density at radius 3 is 2.29 bits per heavy atom. The summed E-state index contributed by atoms with van der Waals surface area (Å²) in [6, 6.07) is 2.93. The average Bonchev–Trinajstić information content (AvgIpc) is 3.27. The summed E-state index contributed by atoms with van der Waals surface area (Å²) in [5.74, 6) is -6.74. The minimum absolute atomic E-state index is 0. The number of fused-ring (bicyclic) bond motifs is 1. The van der Waals surface area contributed by atoms with Crippen LogP contribution in [-0.2, 0) is 23.9 Å². The van der Waals surface area contributed by atoms with Crippen LogP contribution in [0.15, 0.2) is 36.4 Å². The molecule has 2 aromatic carbocycles. The van der Waals surface area contributed by atoms with E-state index in [2.05, 4.69) is 10.2 Å². The molecule has 0 saturated heterocycles. The molecule has 0 fully saturated rings. The zero-order chi connectivity index (χ0) is 27.1. The van der Waals surface area contributed by atoms with Gasteiger partial charge in [-0.15, -0.1) is 22.6 Å². The summed E-state index contributed by atoms with van der Waals surface area (Å²) in [4.78, 5) is 14.3. The molecule has 206 valence electrons. The molecule has 2 heterocycles. The number of carbonyl (C=O) groups excluding carboxylic acids is 1. The number of aliphatic hydroxyl groups is 1. The predicted octanol–water partition coefficient (Wildman–Crippen LogP) is 3.85. The highest BCUT2D eigenvalue weighted by Gasteiger charge is 2.45. The molecular formula is C23H21ClF7N5O2. The van der Waals surface area contributed by atoms with E-state index >= 15 is 0 Å². The zero-order valence-electron chi connectivity index (χ0n) is 19.3. The minimum atomic E-state index is -4.85. The first-order valence-corrected chi connectivity index (χ1v) is 11.0. The Labute approximate surface area is 217 Å². The van der Waals surface area contributed by atoms with E-state index in [0.717, 1.165) is 21.6 Å². The van der Waals surface area contributed by atoms with Gasteiger partial charge < -0.3 is 20.3 Å². The second-order valence-corrected chi connectivity index (χ2v) is 8.59. The highest BCUT2D eigenvalue weighted by atomic mass is 35.5. The molecule has 0 bridgehead atoms. The van der Waals surface area contributed by atoms with Gasteiger partial charge in [0.15, 0.2) is 17.5 Å². The molecule has 38 heavy (non-hydrogen) atoms. The smallest absolute Gasteiger partial charge is 0.386 e. The number of benzene rings is 2. The van der Waals surface area contributed by atoms with E-state index in [1.807, 2.05) is 0 Å². The third-order valence-corrected chi connectivity index (χ3v) is 6.04.